The van der Waals surface area contributed by atoms with Gasteiger partial charge >= 0.3 is 26.6 Å². The lowest BCUT2D eigenvalue weighted by Gasteiger charge is -2.23. The summed E-state index contributed by atoms with van der Waals surface area (Å²) in [5.41, 5.74) is 0. The van der Waals surface area contributed by atoms with E-state index in [4.69, 9.17) is 69.6 Å². The van der Waals surface area contributed by atoms with Crippen molar-refractivity contribution in [2.75, 3.05) is 0 Å². The van der Waals surface area contributed by atoms with Gasteiger partial charge in [0.15, 0.2) is 0 Å². The fourth-order valence-corrected chi connectivity index (χ4v) is 0.805. The second-order valence-corrected chi connectivity index (χ2v) is 6.77. The minimum atomic E-state index is -5.22. The smallest absolute Gasteiger partial charge is 0.392 e. The summed E-state index contributed by atoms with van der Waals surface area (Å²) in [5.74, 6) is 0. The van der Waals surface area contributed by atoms with Gasteiger partial charge in [-0.3, -0.25) is 9.62 Å². The molecule has 19 heavy (non-hydrogen) atoms. The molecule has 0 saturated carbocycles. The van der Waals surface area contributed by atoms with Crippen molar-refractivity contribution in [1.29, 1.82) is 0 Å². The number of alkyl halides is 9. The maximum atomic E-state index is 12.3. The molecule has 0 radical (unpaired) electrons. The standard InChI is InChI=1S/C5HCl6F3O5/c6-4(7,8)17-1(3(12,13)14)16-2(15)18-19-5(9,10)11/h1H. The summed E-state index contributed by atoms with van der Waals surface area (Å²) in [4.78, 5) is 18.1. The van der Waals surface area contributed by atoms with Gasteiger partial charge in [-0.05, 0) is 34.8 Å². The second-order valence-electron chi connectivity index (χ2n) is 2.42. The molecule has 114 valence electrons. The van der Waals surface area contributed by atoms with Gasteiger partial charge < -0.3 is 4.74 Å². The van der Waals surface area contributed by atoms with Crippen LogP contribution in [0.2, 0.25) is 0 Å². The first kappa shape index (κ1) is 19.7. The van der Waals surface area contributed by atoms with Crippen LogP contribution < -0.4 is 0 Å². The number of hydrogen-bond donors (Lipinski definition) is 0. The summed E-state index contributed by atoms with van der Waals surface area (Å²) in [5, 5.41) is 0. The van der Waals surface area contributed by atoms with Gasteiger partial charge in [-0.2, -0.15) is 13.2 Å². The van der Waals surface area contributed by atoms with Gasteiger partial charge in [0.2, 0.25) is 0 Å². The van der Waals surface area contributed by atoms with Crippen molar-refractivity contribution in [2.45, 2.75) is 20.4 Å². The van der Waals surface area contributed by atoms with Gasteiger partial charge in [0.05, 0.1) is 0 Å². The molecule has 0 spiro atoms. The maximum Gasteiger partial charge on any atom is 0.543 e. The summed E-state index contributed by atoms with van der Waals surface area (Å²) >= 11 is 29.8. The van der Waals surface area contributed by atoms with E-state index in [9.17, 15) is 18.0 Å². The van der Waals surface area contributed by atoms with Crippen LogP contribution in [0.4, 0.5) is 18.0 Å². The fourth-order valence-electron chi connectivity index (χ4n) is 0.467. The Hall–Kier alpha value is 0.720. The van der Waals surface area contributed by atoms with Crippen LogP contribution in [0.15, 0.2) is 0 Å². The van der Waals surface area contributed by atoms with E-state index in [1.54, 1.807) is 0 Å². The molecule has 0 aromatic heterocycles. The van der Waals surface area contributed by atoms with Crippen LogP contribution in [0.3, 0.4) is 0 Å². The molecule has 0 heterocycles. The van der Waals surface area contributed by atoms with Crippen LogP contribution in [0.1, 0.15) is 0 Å². The highest BCUT2D eigenvalue weighted by molar-refractivity contribution is 6.66. The van der Waals surface area contributed by atoms with Crippen molar-refractivity contribution < 1.29 is 37.2 Å². The minimum absolute atomic E-state index is 2.05. The zero-order valence-corrected chi connectivity index (χ0v) is 12.6. The van der Waals surface area contributed by atoms with E-state index in [1.165, 1.54) is 0 Å². The lowest BCUT2D eigenvalue weighted by molar-refractivity contribution is -0.322. The third-order valence-corrected chi connectivity index (χ3v) is 1.37. The molecule has 1 atom stereocenters. The first-order chi connectivity index (χ1) is 8.21. The molecule has 5 nitrogen and oxygen atoms in total. The Morgan fingerprint density at radius 3 is 1.74 bits per heavy atom. The summed E-state index contributed by atoms with van der Waals surface area (Å²) in [6, 6.07) is 0. The Morgan fingerprint density at radius 1 is 0.947 bits per heavy atom. The fraction of sp³-hybridized carbons (Fsp3) is 0.800. The van der Waals surface area contributed by atoms with Crippen molar-refractivity contribution in [3.8, 4) is 0 Å². The van der Waals surface area contributed by atoms with Crippen LogP contribution in [0.25, 0.3) is 0 Å². The highest BCUT2D eigenvalue weighted by Gasteiger charge is 2.49. The molecule has 0 aromatic carbocycles. The molecule has 0 amide bonds. The van der Waals surface area contributed by atoms with E-state index >= 15 is 0 Å². The molecule has 14 heteroatoms. The molecule has 0 bridgehead atoms. The van der Waals surface area contributed by atoms with Gasteiger partial charge in [0.1, 0.15) is 0 Å². The van der Waals surface area contributed by atoms with Crippen molar-refractivity contribution in [2.24, 2.45) is 0 Å². The number of carbonyl (C=O) groups excluding carboxylic acids is 1. The Morgan fingerprint density at radius 2 is 1.42 bits per heavy atom. The Labute approximate surface area is 133 Å². The Balaban J connectivity index is 4.54. The molecular formula is C5HCl6F3O5. The average molecular weight is 411 g/mol. The lowest BCUT2D eigenvalue weighted by Crippen LogP contribution is -2.39. The molecule has 0 rings (SSSR count). The van der Waals surface area contributed by atoms with Crippen LogP contribution in [0.5, 0.6) is 0 Å². The predicted octanol–water partition coefficient (Wildman–Crippen LogP) is 4.63. The number of hydrogen-bond acceptors (Lipinski definition) is 5. The van der Waals surface area contributed by atoms with E-state index in [1.807, 2.05) is 0 Å². The van der Waals surface area contributed by atoms with E-state index in [0.29, 0.717) is 0 Å². The third-order valence-electron chi connectivity index (χ3n) is 0.915. The van der Waals surface area contributed by atoms with E-state index in [-0.39, 0.29) is 0 Å². The predicted molar refractivity (Wildman–Crippen MR) is 60.2 cm³/mol. The van der Waals surface area contributed by atoms with E-state index < -0.39 is 26.6 Å². The topological polar surface area (TPSA) is 54.0 Å². The molecule has 0 aliphatic heterocycles. The molecule has 0 aromatic rings. The zero-order valence-electron chi connectivity index (χ0n) is 8.02. The monoisotopic (exact) mass is 408 g/mol. The molecule has 0 N–H and O–H groups in total. The van der Waals surface area contributed by atoms with Gasteiger partial charge in [0, 0.05) is 0 Å². The summed E-state index contributed by atoms with van der Waals surface area (Å²) in [6.07, 6.45) is -10.5. The second kappa shape index (κ2) is 7.13. The minimum Gasteiger partial charge on any atom is -0.392 e. The van der Waals surface area contributed by atoms with Gasteiger partial charge in [-0.1, -0.05) is 34.8 Å². The first-order valence-corrected chi connectivity index (χ1v) is 5.92. The van der Waals surface area contributed by atoms with Crippen LogP contribution >= 0.6 is 69.6 Å². The van der Waals surface area contributed by atoms with Crippen molar-refractivity contribution >= 4 is 75.8 Å². The van der Waals surface area contributed by atoms with Crippen LogP contribution in [0, 0.1) is 0 Å². The Kier molecular flexibility index (Phi) is 7.40. The third kappa shape index (κ3) is 11.1. The zero-order chi connectivity index (χ0) is 15.5. The number of halogens is 9. The largest absolute Gasteiger partial charge is 0.543 e. The summed E-state index contributed by atoms with van der Waals surface area (Å²) in [6.45, 7) is 0. The van der Waals surface area contributed by atoms with Crippen molar-refractivity contribution in [3.63, 3.8) is 0 Å². The molecule has 0 saturated heterocycles. The number of rotatable bonds is 3. The van der Waals surface area contributed by atoms with Gasteiger partial charge in [0.25, 0.3) is 0 Å². The molecular weight excluding hydrogens is 410 g/mol. The molecule has 0 aliphatic carbocycles. The highest BCUT2D eigenvalue weighted by atomic mass is 35.6. The molecule has 1 unspecified atom stereocenters. The summed E-state index contributed by atoms with van der Waals surface area (Å²) in [7, 11) is 0. The van der Waals surface area contributed by atoms with E-state index in [2.05, 4.69) is 19.2 Å². The lowest BCUT2D eigenvalue weighted by atomic mass is 10.6. The van der Waals surface area contributed by atoms with Crippen molar-refractivity contribution in [3.05, 3.63) is 0 Å². The molecule has 0 fully saturated rings. The highest BCUT2D eigenvalue weighted by Crippen LogP contribution is 2.35. The molecule has 0 aliphatic rings. The number of ether oxygens (including phenoxy) is 2. The number of carbonyl (C=O) groups is 1. The first-order valence-electron chi connectivity index (χ1n) is 3.65. The quantitative estimate of drug-likeness (QED) is 0.223. The maximum absolute atomic E-state index is 12.3. The summed E-state index contributed by atoms with van der Waals surface area (Å²) < 4.78 is 39.1. The Bertz CT molecular complexity index is 312. The normalized spacial score (nSPS) is 15.0. The van der Waals surface area contributed by atoms with Crippen LogP contribution in [-0.2, 0) is 19.2 Å². The van der Waals surface area contributed by atoms with E-state index in [0.717, 1.165) is 0 Å². The SMILES string of the molecule is O=C(OOC(Cl)(Cl)Cl)OC(OC(Cl)(Cl)Cl)C(F)(F)F. The van der Waals surface area contributed by atoms with Crippen LogP contribution in [-0.4, -0.2) is 26.6 Å². The van der Waals surface area contributed by atoms with Gasteiger partial charge in [-0.15, -0.1) is 4.89 Å². The van der Waals surface area contributed by atoms with Gasteiger partial charge in [-0.25, -0.2) is 4.79 Å². The average Bonchev–Trinajstić information content (AvgIpc) is 2.09. The van der Waals surface area contributed by atoms with Crippen molar-refractivity contribution in [1.82, 2.24) is 0 Å².